The summed E-state index contributed by atoms with van der Waals surface area (Å²) in [6.07, 6.45) is 3.59. The molecule has 0 atom stereocenters. The standard InChI is InChI=1S/C12H6ClNO/c13-11-6-9-8-4-2-1-3-7(8)5-10(9)12(15)14-11/h1-6H. The molecule has 0 fully saturated rings. The first-order chi connectivity index (χ1) is 7.25. The van der Waals surface area contributed by atoms with Gasteiger partial charge in [0.2, 0.25) is 0 Å². The van der Waals surface area contributed by atoms with E-state index in [2.05, 4.69) is 4.99 Å². The van der Waals surface area contributed by atoms with Gasteiger partial charge in [0.15, 0.2) is 0 Å². The number of aliphatic imine (C=N–C) groups is 1. The molecule has 2 aliphatic rings. The Balaban J connectivity index is 2.28. The Bertz CT molecular complexity index is 567. The van der Waals surface area contributed by atoms with Crippen LogP contribution in [0.15, 0.2) is 40.9 Å². The molecule has 3 rings (SSSR count). The maximum absolute atomic E-state index is 11.6. The molecular formula is C12H6ClNO. The molecule has 0 spiro atoms. The highest BCUT2D eigenvalue weighted by molar-refractivity contribution is 6.70. The SMILES string of the molecule is O=C1N=C(Cl)C=C2C1=Cc1ccccc12. The van der Waals surface area contributed by atoms with Gasteiger partial charge in [0, 0.05) is 0 Å². The first kappa shape index (κ1) is 8.62. The monoisotopic (exact) mass is 215 g/mol. The Morgan fingerprint density at radius 3 is 2.73 bits per heavy atom. The molecule has 0 N–H and O–H groups in total. The highest BCUT2D eigenvalue weighted by Crippen LogP contribution is 2.37. The Hall–Kier alpha value is -1.67. The summed E-state index contributed by atoms with van der Waals surface area (Å²) in [5.74, 6) is -0.256. The number of rotatable bonds is 0. The van der Waals surface area contributed by atoms with Crippen molar-refractivity contribution < 1.29 is 4.79 Å². The Morgan fingerprint density at radius 1 is 1.07 bits per heavy atom. The van der Waals surface area contributed by atoms with Crippen LogP contribution in [0.4, 0.5) is 0 Å². The van der Waals surface area contributed by atoms with Gasteiger partial charge >= 0.3 is 0 Å². The number of benzene rings is 1. The predicted octanol–water partition coefficient (Wildman–Crippen LogP) is 2.64. The van der Waals surface area contributed by atoms with Crippen LogP contribution >= 0.6 is 11.6 Å². The number of hydrogen-bond acceptors (Lipinski definition) is 1. The van der Waals surface area contributed by atoms with E-state index in [4.69, 9.17) is 11.6 Å². The molecule has 1 aromatic carbocycles. The third kappa shape index (κ3) is 1.18. The summed E-state index contributed by atoms with van der Waals surface area (Å²) < 4.78 is 0. The van der Waals surface area contributed by atoms with E-state index in [-0.39, 0.29) is 11.1 Å². The highest BCUT2D eigenvalue weighted by atomic mass is 35.5. The zero-order chi connectivity index (χ0) is 10.4. The van der Waals surface area contributed by atoms with E-state index in [0.29, 0.717) is 5.57 Å². The lowest BCUT2D eigenvalue weighted by molar-refractivity contribution is -0.113. The van der Waals surface area contributed by atoms with Crippen molar-refractivity contribution in [2.45, 2.75) is 0 Å². The first-order valence-corrected chi connectivity index (χ1v) is 4.95. The van der Waals surface area contributed by atoms with Crippen molar-refractivity contribution >= 4 is 34.3 Å². The van der Waals surface area contributed by atoms with Crippen LogP contribution < -0.4 is 0 Å². The minimum atomic E-state index is -0.256. The highest BCUT2D eigenvalue weighted by Gasteiger charge is 2.26. The van der Waals surface area contributed by atoms with E-state index in [9.17, 15) is 4.79 Å². The van der Waals surface area contributed by atoms with Crippen molar-refractivity contribution in [1.82, 2.24) is 0 Å². The zero-order valence-corrected chi connectivity index (χ0v) is 8.45. The maximum Gasteiger partial charge on any atom is 0.279 e. The fourth-order valence-corrected chi connectivity index (χ4v) is 2.07. The van der Waals surface area contributed by atoms with Crippen LogP contribution in [0.25, 0.3) is 11.6 Å². The van der Waals surface area contributed by atoms with Gasteiger partial charge in [0.05, 0.1) is 5.57 Å². The molecule has 1 heterocycles. The third-order valence-corrected chi connectivity index (χ3v) is 2.74. The Kier molecular flexibility index (Phi) is 1.67. The van der Waals surface area contributed by atoms with Gasteiger partial charge in [-0.1, -0.05) is 35.9 Å². The maximum atomic E-state index is 11.6. The lowest BCUT2D eigenvalue weighted by Gasteiger charge is -2.07. The molecule has 1 aliphatic carbocycles. The number of carbonyl (C=O) groups is 1. The lowest BCUT2D eigenvalue weighted by atomic mass is 10.0. The lowest BCUT2D eigenvalue weighted by Crippen LogP contribution is -2.06. The van der Waals surface area contributed by atoms with Gasteiger partial charge in [-0.15, -0.1) is 0 Å². The van der Waals surface area contributed by atoms with Crippen LogP contribution in [0.1, 0.15) is 11.1 Å². The number of hydrogen-bond donors (Lipinski definition) is 0. The second-order valence-corrected chi connectivity index (χ2v) is 3.83. The van der Waals surface area contributed by atoms with Gasteiger partial charge in [-0.25, -0.2) is 0 Å². The van der Waals surface area contributed by atoms with Crippen molar-refractivity contribution in [3.63, 3.8) is 0 Å². The van der Waals surface area contributed by atoms with Crippen LogP contribution in [0, 0.1) is 0 Å². The third-order valence-electron chi connectivity index (χ3n) is 2.54. The molecular weight excluding hydrogens is 210 g/mol. The molecule has 72 valence electrons. The number of carbonyl (C=O) groups excluding carboxylic acids is 1. The van der Waals surface area contributed by atoms with Gasteiger partial charge < -0.3 is 0 Å². The fourth-order valence-electron chi connectivity index (χ4n) is 1.89. The van der Waals surface area contributed by atoms with Crippen LogP contribution in [-0.2, 0) is 4.79 Å². The van der Waals surface area contributed by atoms with Crippen LogP contribution in [0.2, 0.25) is 0 Å². The Morgan fingerprint density at radius 2 is 1.87 bits per heavy atom. The summed E-state index contributed by atoms with van der Waals surface area (Å²) in [6, 6.07) is 7.84. The molecule has 0 saturated carbocycles. The van der Waals surface area contributed by atoms with Crippen molar-refractivity contribution in [3.8, 4) is 0 Å². The largest absolute Gasteiger partial charge is 0.279 e. The second-order valence-electron chi connectivity index (χ2n) is 3.44. The summed E-state index contributed by atoms with van der Waals surface area (Å²) in [6.45, 7) is 0. The van der Waals surface area contributed by atoms with Gasteiger partial charge in [-0.3, -0.25) is 4.79 Å². The Labute approximate surface area is 91.6 Å². The van der Waals surface area contributed by atoms with Crippen LogP contribution in [0.3, 0.4) is 0 Å². The molecule has 15 heavy (non-hydrogen) atoms. The van der Waals surface area contributed by atoms with E-state index < -0.39 is 0 Å². The quantitative estimate of drug-likeness (QED) is 0.654. The minimum absolute atomic E-state index is 0.254. The summed E-state index contributed by atoms with van der Waals surface area (Å²) >= 11 is 5.77. The molecule has 1 aliphatic heterocycles. The molecule has 0 aromatic heterocycles. The number of fused-ring (bicyclic) bond motifs is 3. The normalized spacial score (nSPS) is 17.7. The van der Waals surface area contributed by atoms with Crippen molar-refractivity contribution in [1.29, 1.82) is 0 Å². The first-order valence-electron chi connectivity index (χ1n) is 4.57. The fraction of sp³-hybridized carbons (Fsp3) is 0. The minimum Gasteiger partial charge on any atom is -0.267 e. The van der Waals surface area contributed by atoms with E-state index in [0.717, 1.165) is 16.7 Å². The number of allylic oxidation sites excluding steroid dienone is 1. The van der Waals surface area contributed by atoms with Crippen molar-refractivity contribution in [2.24, 2.45) is 4.99 Å². The number of nitrogens with zero attached hydrogens (tertiary/aromatic N) is 1. The topological polar surface area (TPSA) is 29.4 Å². The van der Waals surface area contributed by atoms with E-state index in [1.165, 1.54) is 0 Å². The summed E-state index contributed by atoms with van der Waals surface area (Å²) in [4.78, 5) is 15.3. The smallest absolute Gasteiger partial charge is 0.267 e. The molecule has 3 heteroatoms. The number of dihydropyridines is 1. The molecule has 0 saturated heterocycles. The average molecular weight is 216 g/mol. The van der Waals surface area contributed by atoms with Gasteiger partial charge in [-0.2, -0.15) is 4.99 Å². The van der Waals surface area contributed by atoms with E-state index in [1.54, 1.807) is 6.08 Å². The molecule has 1 aromatic rings. The van der Waals surface area contributed by atoms with Crippen LogP contribution in [0.5, 0.6) is 0 Å². The molecule has 2 nitrogen and oxygen atoms in total. The van der Waals surface area contributed by atoms with E-state index in [1.807, 2.05) is 30.3 Å². The average Bonchev–Trinajstić information content (AvgIpc) is 2.57. The summed E-state index contributed by atoms with van der Waals surface area (Å²) in [7, 11) is 0. The van der Waals surface area contributed by atoms with Gasteiger partial charge in [-0.05, 0) is 28.9 Å². The summed E-state index contributed by atoms with van der Waals surface area (Å²) in [5.41, 5.74) is 3.62. The van der Waals surface area contributed by atoms with Gasteiger partial charge in [0.25, 0.3) is 5.91 Å². The molecule has 0 bridgehead atoms. The molecule has 0 unspecified atom stereocenters. The summed E-state index contributed by atoms with van der Waals surface area (Å²) in [5, 5.41) is 0.254. The van der Waals surface area contributed by atoms with Crippen molar-refractivity contribution in [2.75, 3.05) is 0 Å². The molecule has 1 amide bonds. The van der Waals surface area contributed by atoms with E-state index >= 15 is 0 Å². The van der Waals surface area contributed by atoms with Crippen LogP contribution in [-0.4, -0.2) is 11.1 Å². The predicted molar refractivity (Wildman–Crippen MR) is 60.7 cm³/mol. The zero-order valence-electron chi connectivity index (χ0n) is 7.70. The number of amides is 1. The number of halogens is 1. The molecule has 0 radical (unpaired) electrons. The van der Waals surface area contributed by atoms with Crippen molar-refractivity contribution in [3.05, 3.63) is 47.0 Å². The second kappa shape index (κ2) is 2.91. The van der Waals surface area contributed by atoms with Gasteiger partial charge in [0.1, 0.15) is 5.17 Å².